The summed E-state index contributed by atoms with van der Waals surface area (Å²) in [4.78, 5) is 11.8. The van der Waals surface area contributed by atoms with Gasteiger partial charge in [0.15, 0.2) is 5.78 Å². The molecule has 0 spiro atoms. The molecule has 1 N–H and O–H groups in total. The van der Waals surface area contributed by atoms with Crippen molar-refractivity contribution in [1.82, 2.24) is 0 Å². The van der Waals surface area contributed by atoms with E-state index in [1.807, 2.05) is 6.92 Å². The highest BCUT2D eigenvalue weighted by atomic mass is 16.3. The van der Waals surface area contributed by atoms with Gasteiger partial charge >= 0.3 is 0 Å². The normalized spacial score (nSPS) is 63.8. The van der Waals surface area contributed by atoms with Crippen molar-refractivity contribution in [3.05, 3.63) is 12.2 Å². The maximum atomic E-state index is 11.8. The van der Waals surface area contributed by atoms with Crippen LogP contribution in [0.4, 0.5) is 0 Å². The SMILES string of the molecule is [2H]C1([2H])C[C@H]2[C@@H]3CC[C@@H]4CC(=O)C=C[C@]4(C)[C@H]3CC[C@]2(C)[C@@]1([2H])O. The first-order chi connectivity index (χ1) is 11.0. The van der Waals surface area contributed by atoms with Gasteiger partial charge in [0.05, 0.1) is 7.45 Å². The van der Waals surface area contributed by atoms with Gasteiger partial charge in [-0.15, -0.1) is 0 Å². The fourth-order valence-corrected chi connectivity index (χ4v) is 6.03. The van der Waals surface area contributed by atoms with Crippen molar-refractivity contribution in [2.75, 3.05) is 0 Å². The average molecular weight is 291 g/mol. The van der Waals surface area contributed by atoms with Crippen LogP contribution in [-0.2, 0) is 4.79 Å². The van der Waals surface area contributed by atoms with E-state index < -0.39 is 17.9 Å². The van der Waals surface area contributed by atoms with Gasteiger partial charge in [0.25, 0.3) is 0 Å². The van der Waals surface area contributed by atoms with Crippen LogP contribution in [0.1, 0.15) is 62.9 Å². The van der Waals surface area contributed by atoms with Crippen LogP contribution in [0, 0.1) is 34.5 Å². The lowest BCUT2D eigenvalue weighted by molar-refractivity contribution is -0.123. The number of aliphatic hydroxyl groups is 1. The Morgan fingerprint density at radius 1 is 1.29 bits per heavy atom. The van der Waals surface area contributed by atoms with Crippen molar-refractivity contribution >= 4 is 5.78 Å². The van der Waals surface area contributed by atoms with Crippen LogP contribution in [0.5, 0.6) is 0 Å². The summed E-state index contributed by atoms with van der Waals surface area (Å²) in [6, 6.07) is 0. The lowest BCUT2D eigenvalue weighted by Gasteiger charge is -2.58. The van der Waals surface area contributed by atoms with Crippen molar-refractivity contribution < 1.29 is 14.0 Å². The van der Waals surface area contributed by atoms with E-state index in [2.05, 4.69) is 13.0 Å². The summed E-state index contributed by atoms with van der Waals surface area (Å²) >= 11 is 0. The van der Waals surface area contributed by atoms with Crippen LogP contribution in [0.2, 0.25) is 0 Å². The molecule has 4 aliphatic carbocycles. The first-order valence-electron chi connectivity index (χ1n) is 9.97. The molecule has 0 aliphatic heterocycles. The highest BCUT2D eigenvalue weighted by molar-refractivity contribution is 5.91. The van der Waals surface area contributed by atoms with E-state index in [-0.39, 0.29) is 23.5 Å². The first-order valence-corrected chi connectivity index (χ1v) is 8.47. The summed E-state index contributed by atoms with van der Waals surface area (Å²) in [7, 11) is 0. The summed E-state index contributed by atoms with van der Waals surface area (Å²) in [6.07, 6.45) is 4.56. The molecular weight excluding hydrogens is 260 g/mol. The van der Waals surface area contributed by atoms with Gasteiger partial charge < -0.3 is 5.11 Å². The Morgan fingerprint density at radius 3 is 2.90 bits per heavy atom. The van der Waals surface area contributed by atoms with E-state index in [0.29, 0.717) is 30.6 Å². The van der Waals surface area contributed by atoms with Crippen LogP contribution >= 0.6 is 0 Å². The molecule has 7 atom stereocenters. The van der Waals surface area contributed by atoms with Gasteiger partial charge in [-0.25, -0.2) is 0 Å². The van der Waals surface area contributed by atoms with Gasteiger partial charge in [-0.3, -0.25) is 4.79 Å². The third-order valence-electron chi connectivity index (χ3n) is 7.46. The third kappa shape index (κ3) is 1.78. The van der Waals surface area contributed by atoms with Crippen molar-refractivity contribution in [3.8, 4) is 0 Å². The van der Waals surface area contributed by atoms with Crippen LogP contribution in [0.25, 0.3) is 0 Å². The molecule has 116 valence electrons. The fraction of sp³-hybridized carbons (Fsp3) is 0.842. The van der Waals surface area contributed by atoms with Gasteiger partial charge in [-0.1, -0.05) is 19.9 Å². The van der Waals surface area contributed by atoms with E-state index in [1.54, 1.807) is 6.08 Å². The molecular formula is C19H28O2. The van der Waals surface area contributed by atoms with Crippen molar-refractivity contribution in [2.45, 2.75) is 64.8 Å². The zero-order chi connectivity index (χ0) is 17.5. The molecule has 0 amide bonds. The maximum Gasteiger partial charge on any atom is 0.155 e. The molecule has 0 aromatic heterocycles. The van der Waals surface area contributed by atoms with Crippen LogP contribution < -0.4 is 0 Å². The quantitative estimate of drug-likeness (QED) is 0.738. The maximum absolute atomic E-state index is 11.8. The smallest absolute Gasteiger partial charge is 0.155 e. The van der Waals surface area contributed by atoms with Gasteiger partial charge in [0.1, 0.15) is 0 Å². The number of carbonyl (C=O) groups is 1. The van der Waals surface area contributed by atoms with Crippen LogP contribution in [-0.4, -0.2) is 17.0 Å². The summed E-state index contributed by atoms with van der Waals surface area (Å²) in [6.45, 7) is 4.21. The summed E-state index contributed by atoms with van der Waals surface area (Å²) < 4.78 is 24.9. The lowest BCUT2D eigenvalue weighted by atomic mass is 9.46. The predicted molar refractivity (Wildman–Crippen MR) is 82.6 cm³/mol. The summed E-state index contributed by atoms with van der Waals surface area (Å²) in [5.74, 6) is 1.46. The second kappa shape index (κ2) is 4.44. The lowest BCUT2D eigenvalue weighted by Crippen LogP contribution is -2.52. The number of carbonyl (C=O) groups excluding carboxylic acids is 1. The molecule has 4 rings (SSSR count). The van der Waals surface area contributed by atoms with Crippen molar-refractivity contribution in [1.29, 1.82) is 0 Å². The fourth-order valence-electron chi connectivity index (χ4n) is 6.03. The Balaban J connectivity index is 1.72. The summed E-state index contributed by atoms with van der Waals surface area (Å²) in [5.41, 5.74) is -0.664. The zero-order valence-electron chi connectivity index (χ0n) is 16.1. The van der Waals surface area contributed by atoms with E-state index in [0.717, 1.165) is 19.3 Å². The van der Waals surface area contributed by atoms with Crippen LogP contribution in [0.3, 0.4) is 0 Å². The Kier molecular flexibility index (Phi) is 2.32. The highest BCUT2D eigenvalue weighted by Crippen LogP contribution is 2.64. The Labute approximate surface area is 132 Å². The molecule has 21 heavy (non-hydrogen) atoms. The molecule has 2 nitrogen and oxygen atoms in total. The minimum atomic E-state index is -2.01. The Hall–Kier alpha value is -0.630. The highest BCUT2D eigenvalue weighted by Gasteiger charge is 2.59. The number of allylic oxidation sites excluding steroid dienone is 2. The molecule has 0 heterocycles. The van der Waals surface area contributed by atoms with Crippen molar-refractivity contribution in [3.63, 3.8) is 0 Å². The molecule has 0 bridgehead atoms. The topological polar surface area (TPSA) is 37.3 Å². The van der Waals surface area contributed by atoms with Crippen molar-refractivity contribution in [2.24, 2.45) is 34.5 Å². The molecule has 3 saturated carbocycles. The minimum Gasteiger partial charge on any atom is -0.393 e. The van der Waals surface area contributed by atoms with E-state index >= 15 is 0 Å². The molecule has 4 aliphatic rings. The summed E-state index contributed by atoms with van der Waals surface area (Å²) in [5, 5.41) is 10.7. The Morgan fingerprint density at radius 2 is 2.10 bits per heavy atom. The molecule has 0 saturated heterocycles. The van der Waals surface area contributed by atoms with Gasteiger partial charge in [0.2, 0.25) is 0 Å². The number of hydrogen-bond donors (Lipinski definition) is 1. The van der Waals surface area contributed by atoms with E-state index in [9.17, 15) is 9.90 Å². The predicted octanol–water partition coefficient (Wildman–Crippen LogP) is 3.74. The van der Waals surface area contributed by atoms with E-state index in [1.165, 1.54) is 0 Å². The number of ketones is 1. The first kappa shape index (κ1) is 11.0. The van der Waals surface area contributed by atoms with Gasteiger partial charge in [0, 0.05) is 9.16 Å². The molecule has 0 aromatic rings. The average Bonchev–Trinajstić information content (AvgIpc) is 2.64. The molecule has 0 radical (unpaired) electrons. The number of hydrogen-bond acceptors (Lipinski definition) is 2. The van der Waals surface area contributed by atoms with Crippen LogP contribution in [0.15, 0.2) is 12.2 Å². The second-order valence-corrected chi connectivity index (χ2v) is 8.21. The third-order valence-corrected chi connectivity index (χ3v) is 7.46. The standard InChI is InChI=1S/C19H28O2/c1-18-9-7-13(20)11-12(18)3-4-14-15-5-6-17(21)19(15,2)10-8-16(14)18/h7,9,12,14-17,21H,3-6,8,10-11H2,1-2H3/t12-,14+,15+,16+,17+,18+,19+/m1/s1/i6D2,17D. The molecule has 0 unspecified atom stereocenters. The number of fused-ring (bicyclic) bond motifs is 5. The van der Waals surface area contributed by atoms with E-state index in [4.69, 9.17) is 4.11 Å². The molecule has 3 fully saturated rings. The monoisotopic (exact) mass is 291 g/mol. The molecule has 2 heteroatoms. The zero-order valence-corrected chi connectivity index (χ0v) is 13.1. The largest absolute Gasteiger partial charge is 0.393 e. The van der Waals surface area contributed by atoms with Gasteiger partial charge in [-0.05, 0) is 79.1 Å². The number of rotatable bonds is 0. The minimum absolute atomic E-state index is 0.00754. The second-order valence-electron chi connectivity index (χ2n) is 8.21. The Bertz CT molecular complexity index is 614. The molecule has 0 aromatic carbocycles. The van der Waals surface area contributed by atoms with Gasteiger partial charge in [-0.2, -0.15) is 0 Å².